The Morgan fingerprint density at radius 1 is 1.88 bits per heavy atom. The first-order valence-corrected chi connectivity index (χ1v) is 2.63. The highest BCUT2D eigenvalue weighted by Gasteiger charge is 2.12. The van der Waals surface area contributed by atoms with Crippen LogP contribution in [-0.2, 0) is 4.74 Å². The standard InChI is InChI=1S/C6H13NO/c1-5-3-8-4-6(2)7-5/h5-7H,3-4H2,1-2H3/i3D,4D2,5D. The highest BCUT2D eigenvalue weighted by Crippen LogP contribution is 1.96. The van der Waals surface area contributed by atoms with Crippen molar-refractivity contribution in [3.05, 3.63) is 0 Å². The molecule has 1 N–H and O–H groups in total. The summed E-state index contributed by atoms with van der Waals surface area (Å²) in [5.74, 6) is 0. The molecule has 0 aromatic carbocycles. The average Bonchev–Trinajstić information content (AvgIpc) is 1.82. The van der Waals surface area contributed by atoms with Gasteiger partial charge in [0.05, 0.1) is 17.3 Å². The van der Waals surface area contributed by atoms with Crippen molar-refractivity contribution >= 4 is 0 Å². The van der Waals surface area contributed by atoms with Gasteiger partial charge in [0.15, 0.2) is 0 Å². The second-order valence-electron chi connectivity index (χ2n) is 1.90. The monoisotopic (exact) mass is 119 g/mol. The van der Waals surface area contributed by atoms with Crippen LogP contribution in [0, 0.1) is 0 Å². The van der Waals surface area contributed by atoms with Gasteiger partial charge in [-0.25, -0.2) is 0 Å². The largest absolute Gasteiger partial charge is 0.378 e. The van der Waals surface area contributed by atoms with Crippen LogP contribution in [0.2, 0.25) is 0 Å². The molecule has 0 bridgehead atoms. The lowest BCUT2D eigenvalue weighted by Crippen LogP contribution is -2.45. The number of hydrogen-bond acceptors (Lipinski definition) is 2. The number of hydrogen-bond donors (Lipinski definition) is 1. The van der Waals surface area contributed by atoms with Crippen molar-refractivity contribution in [2.24, 2.45) is 0 Å². The molecule has 1 aliphatic heterocycles. The van der Waals surface area contributed by atoms with Crippen LogP contribution in [0.15, 0.2) is 0 Å². The van der Waals surface area contributed by atoms with E-state index in [2.05, 4.69) is 5.32 Å². The third-order valence-electron chi connectivity index (χ3n) is 0.925. The molecule has 3 unspecified atom stereocenters. The molecule has 0 saturated carbocycles. The third-order valence-corrected chi connectivity index (χ3v) is 0.925. The molecule has 1 rings (SSSR count). The van der Waals surface area contributed by atoms with Crippen molar-refractivity contribution in [1.29, 1.82) is 0 Å². The smallest absolute Gasteiger partial charge is 0.0617 e. The molecule has 1 aliphatic rings. The third kappa shape index (κ3) is 1.46. The minimum absolute atomic E-state index is 0.568. The topological polar surface area (TPSA) is 21.3 Å². The van der Waals surface area contributed by atoms with Gasteiger partial charge in [-0.05, 0) is 13.8 Å². The predicted molar refractivity (Wildman–Crippen MR) is 32.9 cm³/mol. The summed E-state index contributed by atoms with van der Waals surface area (Å²) < 4.78 is 34.2. The highest BCUT2D eigenvalue weighted by atomic mass is 16.5. The minimum atomic E-state index is -1.85. The fourth-order valence-electron chi connectivity index (χ4n) is 0.629. The van der Waals surface area contributed by atoms with Crippen molar-refractivity contribution in [2.75, 3.05) is 13.1 Å². The van der Waals surface area contributed by atoms with Crippen LogP contribution >= 0.6 is 0 Å². The summed E-state index contributed by atoms with van der Waals surface area (Å²) in [5.41, 5.74) is 0. The van der Waals surface area contributed by atoms with Gasteiger partial charge in [-0.2, -0.15) is 0 Å². The second kappa shape index (κ2) is 2.46. The van der Waals surface area contributed by atoms with Crippen LogP contribution in [0.4, 0.5) is 0 Å². The molecule has 8 heavy (non-hydrogen) atoms. The Balaban J connectivity index is 2.76. The van der Waals surface area contributed by atoms with Crippen LogP contribution in [0.25, 0.3) is 0 Å². The Labute approximate surface area is 55.8 Å². The van der Waals surface area contributed by atoms with Crippen LogP contribution in [0.3, 0.4) is 0 Å². The molecule has 1 heterocycles. The van der Waals surface area contributed by atoms with Crippen LogP contribution in [-0.4, -0.2) is 25.2 Å². The van der Waals surface area contributed by atoms with Crippen LogP contribution in [0.1, 0.15) is 19.3 Å². The summed E-state index contributed by atoms with van der Waals surface area (Å²) in [5, 5.41) is 2.67. The van der Waals surface area contributed by atoms with E-state index >= 15 is 0 Å². The molecule has 0 amide bonds. The predicted octanol–water partition coefficient (Wildman–Crippen LogP) is 0.383. The van der Waals surface area contributed by atoms with Crippen molar-refractivity contribution in [3.63, 3.8) is 0 Å². The molecule has 3 atom stereocenters. The van der Waals surface area contributed by atoms with Gasteiger partial charge in [-0.15, -0.1) is 0 Å². The van der Waals surface area contributed by atoms with E-state index in [0.717, 1.165) is 0 Å². The molecule has 2 heteroatoms. The molecule has 48 valence electrons. The Morgan fingerprint density at radius 2 is 2.62 bits per heavy atom. The van der Waals surface area contributed by atoms with E-state index in [0.29, 0.717) is 0 Å². The molecule has 2 nitrogen and oxygen atoms in total. The molecule has 1 saturated heterocycles. The van der Waals surface area contributed by atoms with Crippen molar-refractivity contribution < 1.29 is 10.2 Å². The number of nitrogens with one attached hydrogen (secondary N) is 1. The van der Waals surface area contributed by atoms with E-state index in [1.165, 1.54) is 6.92 Å². The van der Waals surface area contributed by atoms with E-state index in [-0.39, 0.29) is 0 Å². The average molecular weight is 119 g/mol. The minimum Gasteiger partial charge on any atom is -0.378 e. The van der Waals surface area contributed by atoms with E-state index in [4.69, 9.17) is 10.2 Å². The van der Waals surface area contributed by atoms with Crippen LogP contribution in [0.5, 0.6) is 0 Å². The summed E-state index contributed by atoms with van der Waals surface area (Å²) in [4.78, 5) is 0. The van der Waals surface area contributed by atoms with Crippen LogP contribution < -0.4 is 5.32 Å². The summed E-state index contributed by atoms with van der Waals surface area (Å²) >= 11 is 0. The van der Waals surface area contributed by atoms with Gasteiger partial charge in [-0.3, -0.25) is 0 Å². The van der Waals surface area contributed by atoms with Gasteiger partial charge in [0.2, 0.25) is 0 Å². The first kappa shape index (κ1) is 2.67. The molecule has 0 radical (unpaired) electrons. The van der Waals surface area contributed by atoms with E-state index in [9.17, 15) is 0 Å². The van der Waals surface area contributed by atoms with Crippen molar-refractivity contribution in [1.82, 2.24) is 5.32 Å². The van der Waals surface area contributed by atoms with Gasteiger partial charge in [0.1, 0.15) is 0 Å². The summed E-state index contributed by atoms with van der Waals surface area (Å²) in [7, 11) is 0. The maximum atomic E-state index is 7.55. The molecule has 0 aliphatic carbocycles. The Hall–Kier alpha value is -0.0800. The lowest BCUT2D eigenvalue weighted by Gasteiger charge is -2.25. The SMILES string of the molecule is [2H]C1OC([2H])([2H])C(C)NC1([2H])C. The quantitative estimate of drug-likeness (QED) is 0.498. The van der Waals surface area contributed by atoms with E-state index in [1.807, 2.05) is 0 Å². The zero-order valence-corrected chi connectivity index (χ0v) is 5.06. The summed E-state index contributed by atoms with van der Waals surface area (Å²) in [6, 6.07) is -1.80. The first-order chi connectivity index (χ1) is 5.26. The summed E-state index contributed by atoms with van der Waals surface area (Å²) in [6.45, 7) is 0.0471. The Kier molecular flexibility index (Phi) is 0.822. The molecule has 0 aromatic heterocycles. The van der Waals surface area contributed by atoms with E-state index in [1.54, 1.807) is 6.92 Å². The van der Waals surface area contributed by atoms with Crippen molar-refractivity contribution in [3.8, 4) is 0 Å². The molecule has 0 spiro atoms. The maximum Gasteiger partial charge on any atom is 0.0617 e. The van der Waals surface area contributed by atoms with Crippen molar-refractivity contribution in [2.45, 2.75) is 25.9 Å². The van der Waals surface area contributed by atoms with Gasteiger partial charge in [0.25, 0.3) is 0 Å². The highest BCUT2D eigenvalue weighted by molar-refractivity contribution is 4.70. The fourth-order valence-corrected chi connectivity index (χ4v) is 0.629. The molecule has 1 fully saturated rings. The number of ether oxygens (including phenoxy) is 1. The Morgan fingerprint density at radius 3 is 3.25 bits per heavy atom. The first-order valence-electron chi connectivity index (χ1n) is 4.71. The molecular weight excluding hydrogens is 102 g/mol. The van der Waals surface area contributed by atoms with Gasteiger partial charge >= 0.3 is 0 Å². The fraction of sp³-hybridized carbons (Fsp3) is 1.00. The van der Waals surface area contributed by atoms with Gasteiger partial charge in [0, 0.05) is 13.4 Å². The second-order valence-corrected chi connectivity index (χ2v) is 1.90. The molecule has 0 aromatic rings. The number of rotatable bonds is 0. The maximum absolute atomic E-state index is 7.55. The van der Waals surface area contributed by atoms with Gasteiger partial charge < -0.3 is 10.1 Å². The lowest BCUT2D eigenvalue weighted by atomic mass is 10.2. The Bertz CT molecular complexity index is 164. The number of morpholine rings is 1. The zero-order valence-electron chi connectivity index (χ0n) is 9.06. The summed E-state index contributed by atoms with van der Waals surface area (Å²) in [6.07, 6.45) is 0. The molecular formula is C6H13NO. The van der Waals surface area contributed by atoms with Gasteiger partial charge in [-0.1, -0.05) is 0 Å². The van der Waals surface area contributed by atoms with E-state index < -0.39 is 25.2 Å². The lowest BCUT2D eigenvalue weighted by molar-refractivity contribution is 0.0560. The normalized spacial score (nSPS) is 71.8. The zero-order chi connectivity index (χ0) is 9.57.